The van der Waals surface area contributed by atoms with Crippen LogP contribution in [0.2, 0.25) is 0 Å². The van der Waals surface area contributed by atoms with E-state index in [1.54, 1.807) is 17.0 Å². The van der Waals surface area contributed by atoms with Gasteiger partial charge in [-0.25, -0.2) is 4.68 Å². The van der Waals surface area contributed by atoms with Crippen LogP contribution in [-0.4, -0.2) is 52.8 Å². The number of carbonyl (C=O) groups excluding carboxylic acids is 2. The Labute approximate surface area is 146 Å². The summed E-state index contributed by atoms with van der Waals surface area (Å²) in [6.07, 6.45) is 0.953. The van der Waals surface area contributed by atoms with Crippen LogP contribution in [0.3, 0.4) is 0 Å². The second kappa shape index (κ2) is 7.48. The highest BCUT2D eigenvalue weighted by molar-refractivity contribution is 5.97. The molecule has 7 nitrogen and oxygen atoms in total. The number of primary amides is 1. The molecule has 25 heavy (non-hydrogen) atoms. The zero-order valence-electron chi connectivity index (χ0n) is 14.2. The molecule has 0 spiro atoms. The number of nitrogens with two attached hydrogens (primary N) is 1. The number of carbonyl (C=O) groups is 2. The highest BCUT2D eigenvalue weighted by Crippen LogP contribution is 2.17. The predicted molar refractivity (Wildman–Crippen MR) is 92.6 cm³/mol. The lowest BCUT2D eigenvalue weighted by atomic mass is 10.1. The van der Waals surface area contributed by atoms with Gasteiger partial charge in [0.05, 0.1) is 12.3 Å². The SMILES string of the molecule is CCN(C[C@@H]1CCOC1)C(=O)c1cc(C(N)=O)n(-c2ccccc2)n1. The molecular weight excluding hydrogens is 320 g/mol. The fourth-order valence-corrected chi connectivity index (χ4v) is 2.98. The molecule has 1 fully saturated rings. The summed E-state index contributed by atoms with van der Waals surface area (Å²) in [5, 5.41) is 4.34. The zero-order valence-corrected chi connectivity index (χ0v) is 14.2. The van der Waals surface area contributed by atoms with E-state index in [4.69, 9.17) is 10.5 Å². The normalized spacial score (nSPS) is 16.8. The third-order valence-corrected chi connectivity index (χ3v) is 4.35. The number of hydrogen-bond donors (Lipinski definition) is 1. The number of aromatic nitrogens is 2. The van der Waals surface area contributed by atoms with Crippen molar-refractivity contribution < 1.29 is 14.3 Å². The van der Waals surface area contributed by atoms with Crippen molar-refractivity contribution in [2.75, 3.05) is 26.3 Å². The van der Waals surface area contributed by atoms with Gasteiger partial charge < -0.3 is 15.4 Å². The summed E-state index contributed by atoms with van der Waals surface area (Å²) in [6.45, 7) is 4.54. The monoisotopic (exact) mass is 342 g/mol. The Balaban J connectivity index is 1.88. The zero-order chi connectivity index (χ0) is 17.8. The van der Waals surface area contributed by atoms with E-state index in [9.17, 15) is 9.59 Å². The van der Waals surface area contributed by atoms with Gasteiger partial charge in [-0.05, 0) is 25.5 Å². The molecule has 132 valence electrons. The molecule has 1 aliphatic heterocycles. The second-order valence-electron chi connectivity index (χ2n) is 6.10. The maximum absolute atomic E-state index is 12.8. The lowest BCUT2D eigenvalue weighted by molar-refractivity contribution is 0.0724. The molecule has 3 rings (SSSR count). The minimum absolute atomic E-state index is 0.190. The van der Waals surface area contributed by atoms with Crippen LogP contribution in [0.5, 0.6) is 0 Å². The summed E-state index contributed by atoms with van der Waals surface area (Å²) in [5.74, 6) is -0.482. The Kier molecular flexibility index (Phi) is 5.14. The van der Waals surface area contributed by atoms with Gasteiger partial charge in [-0.3, -0.25) is 9.59 Å². The highest BCUT2D eigenvalue weighted by atomic mass is 16.5. The van der Waals surface area contributed by atoms with Gasteiger partial charge in [0.15, 0.2) is 5.69 Å². The molecule has 0 unspecified atom stereocenters. The van der Waals surface area contributed by atoms with E-state index in [-0.39, 0.29) is 17.3 Å². The molecule has 1 atom stereocenters. The largest absolute Gasteiger partial charge is 0.381 e. The van der Waals surface area contributed by atoms with Gasteiger partial charge in [0, 0.05) is 31.7 Å². The van der Waals surface area contributed by atoms with Gasteiger partial charge in [0.2, 0.25) is 0 Å². The van der Waals surface area contributed by atoms with Gasteiger partial charge in [0.25, 0.3) is 11.8 Å². The quantitative estimate of drug-likeness (QED) is 0.861. The summed E-state index contributed by atoms with van der Waals surface area (Å²) in [7, 11) is 0. The van der Waals surface area contributed by atoms with Gasteiger partial charge in [0.1, 0.15) is 5.69 Å². The van der Waals surface area contributed by atoms with Gasteiger partial charge in [-0.2, -0.15) is 5.10 Å². The molecule has 0 bridgehead atoms. The predicted octanol–water partition coefficient (Wildman–Crippen LogP) is 1.47. The Morgan fingerprint density at radius 2 is 2.12 bits per heavy atom. The first-order valence-corrected chi connectivity index (χ1v) is 8.42. The second-order valence-corrected chi connectivity index (χ2v) is 6.10. The number of ether oxygens (including phenoxy) is 1. The van der Waals surface area contributed by atoms with Crippen molar-refractivity contribution in [3.8, 4) is 5.69 Å². The summed E-state index contributed by atoms with van der Waals surface area (Å²) >= 11 is 0. The summed E-state index contributed by atoms with van der Waals surface area (Å²) in [6, 6.07) is 10.6. The van der Waals surface area contributed by atoms with Crippen LogP contribution in [0.15, 0.2) is 36.4 Å². The van der Waals surface area contributed by atoms with Crippen LogP contribution >= 0.6 is 0 Å². The van der Waals surface area contributed by atoms with Crippen LogP contribution in [0.4, 0.5) is 0 Å². The van der Waals surface area contributed by atoms with Crippen LogP contribution < -0.4 is 5.73 Å². The number of amides is 2. The van der Waals surface area contributed by atoms with Crippen molar-refractivity contribution in [2.24, 2.45) is 11.7 Å². The molecule has 2 heterocycles. The molecular formula is C18H22N4O3. The fourth-order valence-electron chi connectivity index (χ4n) is 2.98. The molecule has 1 saturated heterocycles. The van der Waals surface area contributed by atoms with Crippen LogP contribution in [0.25, 0.3) is 5.69 Å². The standard InChI is InChI=1S/C18H22N4O3/c1-2-21(11-13-8-9-25-12-13)18(24)15-10-16(17(19)23)22(20-15)14-6-4-3-5-7-14/h3-7,10,13H,2,8-9,11-12H2,1H3,(H2,19,23)/t13-/m0/s1. The molecule has 2 N–H and O–H groups in total. The van der Waals surface area contributed by atoms with Crippen molar-refractivity contribution >= 4 is 11.8 Å². The lowest BCUT2D eigenvalue weighted by Gasteiger charge is -2.22. The van der Waals surface area contributed by atoms with E-state index in [2.05, 4.69) is 5.10 Å². The van der Waals surface area contributed by atoms with Gasteiger partial charge >= 0.3 is 0 Å². The van der Waals surface area contributed by atoms with E-state index in [1.165, 1.54) is 10.7 Å². The summed E-state index contributed by atoms with van der Waals surface area (Å²) < 4.78 is 6.80. The number of hydrogen-bond acceptors (Lipinski definition) is 4. The maximum atomic E-state index is 12.8. The number of benzene rings is 1. The molecule has 2 aromatic rings. The van der Waals surface area contributed by atoms with Crippen LogP contribution in [0, 0.1) is 5.92 Å². The first kappa shape index (κ1) is 17.2. The Morgan fingerprint density at radius 3 is 2.72 bits per heavy atom. The van der Waals surface area contributed by atoms with Crippen molar-refractivity contribution in [1.82, 2.24) is 14.7 Å². The van der Waals surface area contributed by atoms with Crippen LogP contribution in [0.1, 0.15) is 34.3 Å². The number of rotatable bonds is 6. The van der Waals surface area contributed by atoms with E-state index in [1.807, 2.05) is 25.1 Å². The van der Waals surface area contributed by atoms with E-state index >= 15 is 0 Å². The third kappa shape index (κ3) is 3.71. The van der Waals surface area contributed by atoms with Crippen molar-refractivity contribution in [2.45, 2.75) is 13.3 Å². The minimum Gasteiger partial charge on any atom is -0.381 e. The molecule has 1 aliphatic rings. The van der Waals surface area contributed by atoms with E-state index in [0.717, 1.165) is 13.0 Å². The number of para-hydroxylation sites is 1. The molecule has 0 aliphatic carbocycles. The van der Waals surface area contributed by atoms with Crippen molar-refractivity contribution in [1.29, 1.82) is 0 Å². The average Bonchev–Trinajstić information content (AvgIpc) is 3.29. The van der Waals surface area contributed by atoms with Crippen molar-refractivity contribution in [3.05, 3.63) is 47.8 Å². The molecule has 1 aromatic heterocycles. The van der Waals surface area contributed by atoms with Gasteiger partial charge in [-0.1, -0.05) is 18.2 Å². The van der Waals surface area contributed by atoms with Crippen LogP contribution in [-0.2, 0) is 4.74 Å². The first-order chi connectivity index (χ1) is 12.1. The Bertz CT molecular complexity index is 751. The Morgan fingerprint density at radius 1 is 1.36 bits per heavy atom. The molecule has 7 heteroatoms. The average molecular weight is 342 g/mol. The smallest absolute Gasteiger partial charge is 0.274 e. The van der Waals surface area contributed by atoms with Gasteiger partial charge in [-0.15, -0.1) is 0 Å². The fraction of sp³-hybridized carbons (Fsp3) is 0.389. The lowest BCUT2D eigenvalue weighted by Crippen LogP contribution is -2.35. The molecule has 1 aromatic carbocycles. The summed E-state index contributed by atoms with van der Waals surface area (Å²) in [4.78, 5) is 26.3. The molecule has 0 radical (unpaired) electrons. The first-order valence-electron chi connectivity index (χ1n) is 8.42. The highest BCUT2D eigenvalue weighted by Gasteiger charge is 2.25. The summed E-state index contributed by atoms with van der Waals surface area (Å²) in [5.41, 5.74) is 6.56. The third-order valence-electron chi connectivity index (χ3n) is 4.35. The van der Waals surface area contributed by atoms with E-state index in [0.29, 0.717) is 31.3 Å². The Hall–Kier alpha value is -2.67. The molecule has 2 amide bonds. The number of nitrogens with zero attached hydrogens (tertiary/aromatic N) is 3. The van der Waals surface area contributed by atoms with E-state index < -0.39 is 5.91 Å². The van der Waals surface area contributed by atoms with Crippen molar-refractivity contribution in [3.63, 3.8) is 0 Å². The molecule has 0 saturated carbocycles. The maximum Gasteiger partial charge on any atom is 0.274 e. The minimum atomic E-state index is -0.623. The topological polar surface area (TPSA) is 90.5 Å².